The quantitative estimate of drug-likeness (QED) is 0.839. The molecule has 3 saturated heterocycles. The fourth-order valence-electron chi connectivity index (χ4n) is 4.16. The van der Waals surface area contributed by atoms with Crippen LogP contribution in [0.2, 0.25) is 0 Å². The molecule has 4 heterocycles. The lowest BCUT2D eigenvalue weighted by Crippen LogP contribution is -2.47. The zero-order valence-electron chi connectivity index (χ0n) is 15.9. The Morgan fingerprint density at radius 2 is 1.78 bits per heavy atom. The highest BCUT2D eigenvalue weighted by atomic mass is 16.2. The Hall–Kier alpha value is -2.63. The minimum absolute atomic E-state index is 0.0330. The fraction of sp³-hybridized carbons (Fsp3) is 0.476. The van der Waals surface area contributed by atoms with Crippen molar-refractivity contribution >= 4 is 11.8 Å². The topological polar surface area (TPSA) is 58.4 Å². The SMILES string of the molecule is CC(C)n1cc(C(=O)N2C[C@@H]3CC[C@H]2CN(C(=O)c2ccccc2)C3)cn1. The molecule has 2 amide bonds. The van der Waals surface area contributed by atoms with Gasteiger partial charge in [0.2, 0.25) is 0 Å². The van der Waals surface area contributed by atoms with Gasteiger partial charge >= 0.3 is 0 Å². The second-order valence-electron chi connectivity index (χ2n) is 7.93. The van der Waals surface area contributed by atoms with Crippen LogP contribution in [0.5, 0.6) is 0 Å². The molecular weight excluding hydrogens is 340 g/mol. The van der Waals surface area contributed by atoms with E-state index in [1.165, 1.54) is 0 Å². The molecule has 3 aliphatic rings. The van der Waals surface area contributed by atoms with Gasteiger partial charge in [-0.1, -0.05) is 18.2 Å². The Bertz CT molecular complexity index is 830. The van der Waals surface area contributed by atoms with Gasteiger partial charge < -0.3 is 9.80 Å². The fourth-order valence-corrected chi connectivity index (χ4v) is 4.16. The minimum atomic E-state index is 0.0330. The summed E-state index contributed by atoms with van der Waals surface area (Å²) in [5.41, 5.74) is 1.35. The summed E-state index contributed by atoms with van der Waals surface area (Å²) in [6.07, 6.45) is 5.51. The number of piperidine rings is 1. The first-order chi connectivity index (χ1) is 13.0. The van der Waals surface area contributed by atoms with E-state index in [0.29, 0.717) is 18.0 Å². The lowest BCUT2D eigenvalue weighted by atomic mass is 9.94. The van der Waals surface area contributed by atoms with E-state index in [-0.39, 0.29) is 23.9 Å². The molecule has 0 aliphatic carbocycles. The summed E-state index contributed by atoms with van der Waals surface area (Å²) in [5, 5.41) is 4.30. The molecule has 2 bridgehead atoms. The lowest BCUT2D eigenvalue weighted by Gasteiger charge is -2.35. The van der Waals surface area contributed by atoms with Crippen LogP contribution in [-0.2, 0) is 0 Å². The summed E-state index contributed by atoms with van der Waals surface area (Å²) in [5.74, 6) is 0.431. The van der Waals surface area contributed by atoms with Crippen molar-refractivity contribution in [2.75, 3.05) is 19.6 Å². The third-order valence-corrected chi connectivity index (χ3v) is 5.66. The Labute approximate surface area is 159 Å². The van der Waals surface area contributed by atoms with Crippen LogP contribution >= 0.6 is 0 Å². The van der Waals surface area contributed by atoms with Gasteiger partial charge in [-0.15, -0.1) is 0 Å². The van der Waals surface area contributed by atoms with Crippen molar-refractivity contribution in [3.05, 3.63) is 53.9 Å². The van der Waals surface area contributed by atoms with Crippen molar-refractivity contribution in [3.8, 4) is 0 Å². The van der Waals surface area contributed by atoms with Gasteiger partial charge in [0.05, 0.1) is 11.8 Å². The highest BCUT2D eigenvalue weighted by Gasteiger charge is 2.39. The Morgan fingerprint density at radius 1 is 1.00 bits per heavy atom. The molecule has 1 aromatic heterocycles. The number of carbonyl (C=O) groups is 2. The molecule has 0 saturated carbocycles. The van der Waals surface area contributed by atoms with E-state index in [4.69, 9.17) is 0 Å². The predicted molar refractivity (Wildman–Crippen MR) is 103 cm³/mol. The summed E-state index contributed by atoms with van der Waals surface area (Å²) in [6.45, 7) is 6.13. The van der Waals surface area contributed by atoms with Gasteiger partial charge in [-0.2, -0.15) is 5.10 Å². The number of aromatic nitrogens is 2. The second kappa shape index (κ2) is 7.18. The first kappa shape index (κ1) is 17.8. The van der Waals surface area contributed by atoms with Crippen molar-refractivity contribution in [2.45, 2.75) is 38.8 Å². The molecule has 3 fully saturated rings. The molecule has 142 valence electrons. The maximum atomic E-state index is 13.1. The average Bonchev–Trinajstić information content (AvgIpc) is 3.01. The van der Waals surface area contributed by atoms with Gasteiger partial charge in [-0.25, -0.2) is 0 Å². The minimum Gasteiger partial charge on any atom is -0.336 e. The van der Waals surface area contributed by atoms with Gasteiger partial charge in [-0.05, 0) is 44.7 Å². The van der Waals surface area contributed by atoms with E-state index in [1.54, 1.807) is 6.20 Å². The van der Waals surface area contributed by atoms with Crippen LogP contribution in [0.4, 0.5) is 0 Å². The van der Waals surface area contributed by atoms with E-state index in [9.17, 15) is 9.59 Å². The summed E-state index contributed by atoms with van der Waals surface area (Å²) in [4.78, 5) is 29.9. The number of hydrogen-bond acceptors (Lipinski definition) is 3. The molecule has 0 unspecified atom stereocenters. The maximum absolute atomic E-state index is 13.1. The molecule has 6 heteroatoms. The van der Waals surface area contributed by atoms with E-state index in [0.717, 1.165) is 31.5 Å². The highest BCUT2D eigenvalue weighted by molar-refractivity contribution is 5.95. The number of amides is 2. The number of nitrogens with zero attached hydrogens (tertiary/aromatic N) is 4. The average molecular weight is 366 g/mol. The van der Waals surface area contributed by atoms with Gasteiger partial charge in [0.15, 0.2) is 0 Å². The normalized spacial score (nSPS) is 22.2. The Balaban J connectivity index is 1.52. The van der Waals surface area contributed by atoms with Crippen LogP contribution in [0.15, 0.2) is 42.7 Å². The van der Waals surface area contributed by atoms with Crippen molar-refractivity contribution in [1.82, 2.24) is 19.6 Å². The number of fused-ring (bicyclic) bond motifs is 4. The lowest BCUT2D eigenvalue weighted by molar-refractivity contribution is 0.0574. The van der Waals surface area contributed by atoms with Crippen molar-refractivity contribution in [1.29, 1.82) is 0 Å². The van der Waals surface area contributed by atoms with E-state index in [2.05, 4.69) is 5.10 Å². The molecule has 2 aromatic rings. The van der Waals surface area contributed by atoms with Crippen LogP contribution in [-0.4, -0.2) is 57.1 Å². The summed E-state index contributed by atoms with van der Waals surface area (Å²) in [7, 11) is 0. The molecule has 0 N–H and O–H groups in total. The van der Waals surface area contributed by atoms with E-state index >= 15 is 0 Å². The molecule has 3 aliphatic heterocycles. The Kier molecular flexibility index (Phi) is 4.72. The van der Waals surface area contributed by atoms with Crippen LogP contribution in [0.25, 0.3) is 0 Å². The summed E-state index contributed by atoms with van der Waals surface area (Å²) < 4.78 is 1.81. The molecule has 2 atom stereocenters. The first-order valence-electron chi connectivity index (χ1n) is 9.72. The second-order valence-corrected chi connectivity index (χ2v) is 7.93. The largest absolute Gasteiger partial charge is 0.336 e. The molecule has 27 heavy (non-hydrogen) atoms. The van der Waals surface area contributed by atoms with E-state index in [1.807, 2.05) is 64.9 Å². The van der Waals surface area contributed by atoms with Gasteiger partial charge in [0.25, 0.3) is 11.8 Å². The molecular formula is C21H26N4O2. The van der Waals surface area contributed by atoms with Crippen molar-refractivity contribution < 1.29 is 9.59 Å². The van der Waals surface area contributed by atoms with Crippen LogP contribution in [0.1, 0.15) is 53.4 Å². The van der Waals surface area contributed by atoms with Crippen LogP contribution in [0.3, 0.4) is 0 Å². The summed E-state index contributed by atoms with van der Waals surface area (Å²) >= 11 is 0. The van der Waals surface area contributed by atoms with Crippen molar-refractivity contribution in [2.24, 2.45) is 5.92 Å². The molecule has 1 aromatic carbocycles. The smallest absolute Gasteiger partial charge is 0.257 e. The highest BCUT2D eigenvalue weighted by Crippen LogP contribution is 2.30. The zero-order valence-corrected chi connectivity index (χ0v) is 15.9. The molecule has 6 nitrogen and oxygen atoms in total. The standard InChI is InChI=1S/C21H26N4O2/c1-15(2)25-13-18(10-22-25)21(27)24-12-16-8-9-19(24)14-23(11-16)20(26)17-6-4-3-5-7-17/h3-7,10,13,15-16,19H,8-9,11-12,14H2,1-2H3/t16-,19+/m1/s1. The molecule has 5 rings (SSSR count). The first-order valence-corrected chi connectivity index (χ1v) is 9.72. The third kappa shape index (κ3) is 3.48. The monoisotopic (exact) mass is 366 g/mol. The van der Waals surface area contributed by atoms with E-state index < -0.39 is 0 Å². The van der Waals surface area contributed by atoms with Crippen LogP contribution < -0.4 is 0 Å². The van der Waals surface area contributed by atoms with Gasteiger partial charge in [-0.3, -0.25) is 14.3 Å². The predicted octanol–water partition coefficient (Wildman–Crippen LogP) is 2.84. The number of hydrogen-bond donors (Lipinski definition) is 0. The molecule has 0 radical (unpaired) electrons. The van der Waals surface area contributed by atoms with Gasteiger partial charge in [0, 0.05) is 43.5 Å². The van der Waals surface area contributed by atoms with Crippen LogP contribution in [0, 0.1) is 5.92 Å². The Morgan fingerprint density at radius 3 is 2.48 bits per heavy atom. The summed E-state index contributed by atoms with van der Waals surface area (Å²) in [6, 6.07) is 9.72. The van der Waals surface area contributed by atoms with Gasteiger partial charge in [0.1, 0.15) is 0 Å². The zero-order chi connectivity index (χ0) is 19.0. The maximum Gasteiger partial charge on any atom is 0.257 e. The number of carbonyl (C=O) groups excluding carboxylic acids is 2. The van der Waals surface area contributed by atoms with Crippen molar-refractivity contribution in [3.63, 3.8) is 0 Å². The number of rotatable bonds is 3. The third-order valence-electron chi connectivity index (χ3n) is 5.66. The molecule has 0 spiro atoms. The number of benzene rings is 1.